The van der Waals surface area contributed by atoms with Crippen molar-refractivity contribution in [1.82, 2.24) is 0 Å². The molecule has 0 radical (unpaired) electrons. The molecular formula is C8H19IO3S. The summed E-state index contributed by atoms with van der Waals surface area (Å²) in [4.78, 5) is 0. The van der Waals surface area contributed by atoms with Gasteiger partial charge in [-0.1, -0.05) is 39.0 Å². The summed E-state index contributed by atoms with van der Waals surface area (Å²) in [5, 5.41) is 0. The summed E-state index contributed by atoms with van der Waals surface area (Å²) in [5.74, 6) is -0.0842. The molecule has 0 aliphatic carbocycles. The summed E-state index contributed by atoms with van der Waals surface area (Å²) < 4.78 is 28.9. The average Bonchev–Trinajstić information content (AvgIpc) is 1.94. The summed E-state index contributed by atoms with van der Waals surface area (Å²) >= 11 is 0. The number of rotatable bonds is 7. The van der Waals surface area contributed by atoms with E-state index >= 15 is 0 Å². The Morgan fingerprint density at radius 1 is 1.00 bits per heavy atom. The van der Waals surface area contributed by atoms with Crippen LogP contribution in [-0.4, -0.2) is 18.7 Å². The fourth-order valence-corrected chi connectivity index (χ4v) is 1.63. The molecule has 0 amide bonds. The van der Waals surface area contributed by atoms with Crippen LogP contribution in [-0.2, 0) is 10.1 Å². The van der Waals surface area contributed by atoms with Gasteiger partial charge in [-0.25, -0.2) is 0 Å². The Morgan fingerprint density at radius 2 is 1.46 bits per heavy atom. The van der Waals surface area contributed by atoms with E-state index in [9.17, 15) is 8.42 Å². The van der Waals surface area contributed by atoms with E-state index in [1.807, 2.05) is 0 Å². The zero-order valence-corrected chi connectivity index (χ0v) is 11.2. The van der Waals surface area contributed by atoms with Crippen molar-refractivity contribution in [3.8, 4) is 0 Å². The van der Waals surface area contributed by atoms with Crippen molar-refractivity contribution in [2.45, 2.75) is 45.4 Å². The van der Waals surface area contributed by atoms with Crippen LogP contribution in [0.25, 0.3) is 0 Å². The maximum absolute atomic E-state index is 10.3. The molecule has 13 heavy (non-hydrogen) atoms. The van der Waals surface area contributed by atoms with Gasteiger partial charge in [0, 0.05) is 0 Å². The molecule has 0 bridgehead atoms. The molecule has 82 valence electrons. The van der Waals surface area contributed by atoms with E-state index in [1.165, 1.54) is 19.3 Å². The molecule has 0 saturated carbocycles. The minimum Gasteiger partial charge on any atom is -0.286 e. The van der Waals surface area contributed by atoms with E-state index in [-0.39, 0.29) is 29.7 Å². The topological polar surface area (TPSA) is 54.4 Å². The molecule has 0 aromatic heterocycles. The maximum atomic E-state index is 10.3. The highest BCUT2D eigenvalue weighted by Gasteiger charge is 2.02. The van der Waals surface area contributed by atoms with Gasteiger partial charge >= 0.3 is 0 Å². The van der Waals surface area contributed by atoms with Gasteiger partial charge in [-0.15, -0.1) is 24.0 Å². The minimum absolute atomic E-state index is 0. The molecular weight excluding hydrogens is 303 g/mol. The third-order valence-corrected chi connectivity index (χ3v) is 2.56. The molecule has 5 heteroatoms. The normalized spacial score (nSPS) is 10.9. The molecule has 0 heterocycles. The standard InChI is InChI=1S/C8H18O3S.HI/c1-2-3-4-5-6-7-8-12(9,10)11;/h2-8H2,1H3,(H,9,10,11);1H. The molecule has 0 atom stereocenters. The first-order valence-corrected chi connectivity index (χ1v) is 6.12. The van der Waals surface area contributed by atoms with E-state index < -0.39 is 10.1 Å². The molecule has 0 aliphatic heterocycles. The van der Waals surface area contributed by atoms with Crippen molar-refractivity contribution >= 4 is 34.1 Å². The molecule has 0 spiro atoms. The molecule has 0 aliphatic rings. The highest BCUT2D eigenvalue weighted by Crippen LogP contribution is 2.05. The Labute approximate surface area is 98.1 Å². The van der Waals surface area contributed by atoms with Gasteiger partial charge in [0.25, 0.3) is 10.1 Å². The largest absolute Gasteiger partial charge is 0.286 e. The molecule has 0 saturated heterocycles. The van der Waals surface area contributed by atoms with Gasteiger partial charge in [0.05, 0.1) is 5.75 Å². The van der Waals surface area contributed by atoms with Crippen LogP contribution < -0.4 is 0 Å². The first-order valence-electron chi connectivity index (χ1n) is 4.51. The molecule has 0 aromatic carbocycles. The Hall–Kier alpha value is 0.640. The van der Waals surface area contributed by atoms with Gasteiger partial charge in [-0.3, -0.25) is 4.55 Å². The van der Waals surface area contributed by atoms with Gasteiger partial charge in [0.1, 0.15) is 0 Å². The summed E-state index contributed by atoms with van der Waals surface area (Å²) in [5.41, 5.74) is 0. The zero-order chi connectivity index (χ0) is 9.45. The fraction of sp³-hybridized carbons (Fsp3) is 1.00. The third-order valence-electron chi connectivity index (χ3n) is 1.76. The Morgan fingerprint density at radius 3 is 1.92 bits per heavy atom. The average molecular weight is 322 g/mol. The lowest BCUT2D eigenvalue weighted by atomic mass is 10.1. The summed E-state index contributed by atoms with van der Waals surface area (Å²) in [6.07, 6.45) is 6.14. The Kier molecular flexibility index (Phi) is 11.4. The van der Waals surface area contributed by atoms with Gasteiger partial charge in [0.15, 0.2) is 0 Å². The van der Waals surface area contributed by atoms with Gasteiger partial charge in [-0.05, 0) is 6.42 Å². The first kappa shape index (κ1) is 16.1. The van der Waals surface area contributed by atoms with Crippen LogP contribution in [0.1, 0.15) is 45.4 Å². The van der Waals surface area contributed by atoms with E-state index in [0.29, 0.717) is 6.42 Å². The van der Waals surface area contributed by atoms with Crippen molar-refractivity contribution in [3.63, 3.8) is 0 Å². The molecule has 0 rings (SSSR count). The van der Waals surface area contributed by atoms with Crippen molar-refractivity contribution in [1.29, 1.82) is 0 Å². The van der Waals surface area contributed by atoms with E-state index in [1.54, 1.807) is 0 Å². The second-order valence-corrected chi connectivity index (χ2v) is 4.63. The van der Waals surface area contributed by atoms with Crippen LogP contribution >= 0.6 is 24.0 Å². The monoisotopic (exact) mass is 322 g/mol. The third kappa shape index (κ3) is 15.4. The SMILES string of the molecule is CCCCCCCCS(=O)(=O)O.I. The minimum atomic E-state index is -3.72. The number of hydrogen-bond donors (Lipinski definition) is 1. The Balaban J connectivity index is 0. The lowest BCUT2D eigenvalue weighted by Crippen LogP contribution is -2.03. The van der Waals surface area contributed by atoms with Crippen LogP contribution in [0.5, 0.6) is 0 Å². The van der Waals surface area contributed by atoms with Gasteiger partial charge in [0.2, 0.25) is 0 Å². The van der Waals surface area contributed by atoms with E-state index in [0.717, 1.165) is 12.8 Å². The quantitative estimate of drug-likeness (QED) is 0.445. The predicted molar refractivity (Wildman–Crippen MR) is 65.2 cm³/mol. The lowest BCUT2D eigenvalue weighted by Gasteiger charge is -1.98. The van der Waals surface area contributed by atoms with Crippen LogP contribution in [0.15, 0.2) is 0 Å². The van der Waals surface area contributed by atoms with Crippen molar-refractivity contribution < 1.29 is 13.0 Å². The van der Waals surface area contributed by atoms with E-state index in [2.05, 4.69) is 6.92 Å². The molecule has 0 unspecified atom stereocenters. The van der Waals surface area contributed by atoms with Crippen molar-refractivity contribution in [2.24, 2.45) is 0 Å². The van der Waals surface area contributed by atoms with Crippen LogP contribution in [0.3, 0.4) is 0 Å². The maximum Gasteiger partial charge on any atom is 0.264 e. The van der Waals surface area contributed by atoms with Crippen LogP contribution in [0, 0.1) is 0 Å². The summed E-state index contributed by atoms with van der Waals surface area (Å²) in [6, 6.07) is 0. The van der Waals surface area contributed by atoms with Gasteiger partial charge < -0.3 is 0 Å². The number of unbranched alkanes of at least 4 members (excludes halogenated alkanes) is 5. The number of hydrogen-bond acceptors (Lipinski definition) is 2. The van der Waals surface area contributed by atoms with Crippen molar-refractivity contribution in [2.75, 3.05) is 5.75 Å². The number of halogens is 1. The highest BCUT2D eigenvalue weighted by atomic mass is 127. The highest BCUT2D eigenvalue weighted by molar-refractivity contribution is 14.0. The lowest BCUT2D eigenvalue weighted by molar-refractivity contribution is 0.478. The second kappa shape index (κ2) is 9.21. The van der Waals surface area contributed by atoms with Crippen LogP contribution in [0.2, 0.25) is 0 Å². The second-order valence-electron chi connectivity index (χ2n) is 3.05. The molecule has 3 nitrogen and oxygen atoms in total. The smallest absolute Gasteiger partial charge is 0.264 e. The first-order chi connectivity index (χ1) is 5.56. The van der Waals surface area contributed by atoms with Crippen LogP contribution in [0.4, 0.5) is 0 Å². The molecule has 0 aromatic rings. The summed E-state index contributed by atoms with van der Waals surface area (Å²) in [7, 11) is -3.72. The molecule has 0 fully saturated rings. The zero-order valence-electron chi connectivity index (χ0n) is 8.03. The molecule has 1 N–H and O–H groups in total. The Bertz CT molecular complexity index is 190. The van der Waals surface area contributed by atoms with Crippen molar-refractivity contribution in [3.05, 3.63) is 0 Å². The van der Waals surface area contributed by atoms with E-state index in [4.69, 9.17) is 4.55 Å². The summed E-state index contributed by atoms with van der Waals surface area (Å²) in [6.45, 7) is 2.14. The fourth-order valence-electron chi connectivity index (χ4n) is 1.06. The van der Waals surface area contributed by atoms with Gasteiger partial charge in [-0.2, -0.15) is 8.42 Å². The predicted octanol–water partition coefficient (Wildman–Crippen LogP) is 2.85.